The van der Waals surface area contributed by atoms with Gasteiger partial charge in [0.15, 0.2) is 0 Å². The van der Waals surface area contributed by atoms with Crippen molar-refractivity contribution in [2.45, 2.75) is 25.7 Å². The molecular weight excluding hydrogens is 328 g/mol. The Hall–Kier alpha value is -2.82. The van der Waals surface area contributed by atoms with E-state index in [1.54, 1.807) is 39.4 Å². The smallest absolute Gasteiger partial charge is 0.253 e. The SMILES string of the molecule is COc1ccc(C(=O)N(C)C)cc1NC(=O)Cc1ccc2c(c1)CCC2. The molecule has 136 valence electrons. The number of methoxy groups -OCH3 is 1. The second kappa shape index (κ2) is 7.60. The maximum absolute atomic E-state index is 12.5. The van der Waals surface area contributed by atoms with Crippen molar-refractivity contribution in [1.29, 1.82) is 0 Å². The number of amides is 2. The van der Waals surface area contributed by atoms with Crippen LogP contribution in [-0.4, -0.2) is 37.9 Å². The number of benzene rings is 2. The Morgan fingerprint density at radius 1 is 1.08 bits per heavy atom. The van der Waals surface area contributed by atoms with Gasteiger partial charge in [-0.3, -0.25) is 9.59 Å². The average Bonchev–Trinajstić information content (AvgIpc) is 3.08. The summed E-state index contributed by atoms with van der Waals surface area (Å²) in [4.78, 5) is 26.2. The number of fused-ring (bicyclic) bond motifs is 1. The largest absolute Gasteiger partial charge is 0.495 e. The van der Waals surface area contributed by atoms with Crippen molar-refractivity contribution in [2.24, 2.45) is 0 Å². The first-order chi connectivity index (χ1) is 12.5. The van der Waals surface area contributed by atoms with Crippen LogP contribution in [0.1, 0.15) is 33.5 Å². The fraction of sp³-hybridized carbons (Fsp3) is 0.333. The maximum atomic E-state index is 12.5. The van der Waals surface area contributed by atoms with Crippen molar-refractivity contribution >= 4 is 17.5 Å². The number of carbonyl (C=O) groups excluding carboxylic acids is 2. The summed E-state index contributed by atoms with van der Waals surface area (Å²) in [7, 11) is 4.93. The van der Waals surface area contributed by atoms with E-state index in [1.165, 1.54) is 22.4 Å². The van der Waals surface area contributed by atoms with Gasteiger partial charge in [0, 0.05) is 19.7 Å². The summed E-state index contributed by atoms with van der Waals surface area (Å²) in [6.07, 6.45) is 3.70. The topological polar surface area (TPSA) is 58.6 Å². The molecular formula is C21H24N2O3. The molecule has 0 aliphatic heterocycles. The Labute approximate surface area is 154 Å². The summed E-state index contributed by atoms with van der Waals surface area (Å²) in [5, 5.41) is 2.88. The molecule has 0 saturated heterocycles. The molecule has 2 aromatic rings. The van der Waals surface area contributed by atoms with Gasteiger partial charge in [-0.2, -0.15) is 0 Å². The molecule has 2 aromatic carbocycles. The van der Waals surface area contributed by atoms with E-state index in [0.717, 1.165) is 18.4 Å². The highest BCUT2D eigenvalue weighted by molar-refractivity contribution is 5.98. The van der Waals surface area contributed by atoms with Crippen LogP contribution in [-0.2, 0) is 24.1 Å². The van der Waals surface area contributed by atoms with Crippen molar-refractivity contribution in [2.75, 3.05) is 26.5 Å². The minimum Gasteiger partial charge on any atom is -0.495 e. The lowest BCUT2D eigenvalue weighted by Crippen LogP contribution is -2.22. The molecule has 5 nitrogen and oxygen atoms in total. The van der Waals surface area contributed by atoms with E-state index in [1.807, 2.05) is 6.07 Å². The highest BCUT2D eigenvalue weighted by Gasteiger charge is 2.15. The number of nitrogens with zero attached hydrogens (tertiary/aromatic N) is 1. The molecule has 0 unspecified atom stereocenters. The molecule has 0 spiro atoms. The summed E-state index contributed by atoms with van der Waals surface area (Å²) in [6.45, 7) is 0. The number of ether oxygens (including phenoxy) is 1. The van der Waals surface area contributed by atoms with Gasteiger partial charge in [0.2, 0.25) is 5.91 Å². The van der Waals surface area contributed by atoms with Crippen molar-refractivity contribution in [3.63, 3.8) is 0 Å². The molecule has 1 aliphatic rings. The summed E-state index contributed by atoms with van der Waals surface area (Å²) in [5.41, 5.74) is 4.76. The molecule has 0 saturated carbocycles. The molecule has 5 heteroatoms. The minimum absolute atomic E-state index is 0.123. The monoisotopic (exact) mass is 352 g/mol. The maximum Gasteiger partial charge on any atom is 0.253 e. The van der Waals surface area contributed by atoms with Crippen LogP contribution in [0.4, 0.5) is 5.69 Å². The molecule has 0 fully saturated rings. The molecule has 1 aliphatic carbocycles. The van der Waals surface area contributed by atoms with E-state index in [-0.39, 0.29) is 11.8 Å². The van der Waals surface area contributed by atoms with Gasteiger partial charge in [0.05, 0.1) is 19.2 Å². The number of nitrogens with one attached hydrogen (secondary N) is 1. The molecule has 1 N–H and O–H groups in total. The van der Waals surface area contributed by atoms with E-state index < -0.39 is 0 Å². The normalized spacial score (nSPS) is 12.4. The predicted octanol–water partition coefficient (Wildman–Crippen LogP) is 3.07. The van der Waals surface area contributed by atoms with Crippen LogP contribution in [0.25, 0.3) is 0 Å². The third-order valence-electron chi connectivity index (χ3n) is 4.65. The lowest BCUT2D eigenvalue weighted by Gasteiger charge is -2.14. The van der Waals surface area contributed by atoms with Gasteiger partial charge < -0.3 is 15.0 Å². The van der Waals surface area contributed by atoms with Gasteiger partial charge in [-0.05, 0) is 54.2 Å². The van der Waals surface area contributed by atoms with Crippen LogP contribution < -0.4 is 10.1 Å². The molecule has 0 aromatic heterocycles. The highest BCUT2D eigenvalue weighted by atomic mass is 16.5. The van der Waals surface area contributed by atoms with E-state index in [4.69, 9.17) is 4.74 Å². The van der Waals surface area contributed by atoms with E-state index >= 15 is 0 Å². The Morgan fingerprint density at radius 2 is 1.85 bits per heavy atom. The average molecular weight is 352 g/mol. The zero-order valence-corrected chi connectivity index (χ0v) is 15.5. The Morgan fingerprint density at radius 3 is 2.58 bits per heavy atom. The summed E-state index contributed by atoms with van der Waals surface area (Å²) >= 11 is 0. The summed E-state index contributed by atoms with van der Waals surface area (Å²) < 4.78 is 5.31. The van der Waals surface area contributed by atoms with Crippen LogP contribution >= 0.6 is 0 Å². The molecule has 3 rings (SSSR count). The highest BCUT2D eigenvalue weighted by Crippen LogP contribution is 2.27. The van der Waals surface area contributed by atoms with Crippen molar-refractivity contribution < 1.29 is 14.3 Å². The minimum atomic E-state index is -0.129. The predicted molar refractivity (Wildman–Crippen MR) is 102 cm³/mol. The first kappa shape index (κ1) is 18.0. The van der Waals surface area contributed by atoms with Crippen molar-refractivity contribution in [3.05, 3.63) is 58.7 Å². The van der Waals surface area contributed by atoms with E-state index in [0.29, 0.717) is 23.4 Å². The van der Waals surface area contributed by atoms with Crippen molar-refractivity contribution in [1.82, 2.24) is 4.90 Å². The summed E-state index contributed by atoms with van der Waals surface area (Å²) in [6, 6.07) is 11.3. The van der Waals surface area contributed by atoms with E-state index in [9.17, 15) is 9.59 Å². The van der Waals surface area contributed by atoms with Gasteiger partial charge in [-0.1, -0.05) is 18.2 Å². The molecule has 0 radical (unpaired) electrons. The number of hydrogen-bond acceptors (Lipinski definition) is 3. The fourth-order valence-electron chi connectivity index (χ4n) is 3.31. The number of carbonyl (C=O) groups is 2. The Bertz CT molecular complexity index is 843. The Balaban J connectivity index is 1.75. The van der Waals surface area contributed by atoms with Crippen LogP contribution in [0, 0.1) is 0 Å². The third kappa shape index (κ3) is 3.87. The zero-order valence-electron chi connectivity index (χ0n) is 15.5. The van der Waals surface area contributed by atoms with Crippen LogP contribution in [0.2, 0.25) is 0 Å². The molecule has 0 atom stereocenters. The zero-order chi connectivity index (χ0) is 18.7. The molecule has 0 heterocycles. The van der Waals surface area contributed by atoms with E-state index in [2.05, 4.69) is 17.4 Å². The third-order valence-corrected chi connectivity index (χ3v) is 4.65. The number of hydrogen-bond donors (Lipinski definition) is 1. The Kier molecular flexibility index (Phi) is 5.26. The number of anilines is 1. The van der Waals surface area contributed by atoms with Crippen LogP contribution in [0.15, 0.2) is 36.4 Å². The van der Waals surface area contributed by atoms with Crippen LogP contribution in [0.3, 0.4) is 0 Å². The second-order valence-electron chi connectivity index (χ2n) is 6.80. The molecule has 0 bridgehead atoms. The van der Waals surface area contributed by atoms with Crippen molar-refractivity contribution in [3.8, 4) is 5.75 Å². The fourth-order valence-corrected chi connectivity index (χ4v) is 3.31. The lowest BCUT2D eigenvalue weighted by molar-refractivity contribution is -0.115. The lowest BCUT2D eigenvalue weighted by atomic mass is 10.0. The first-order valence-electron chi connectivity index (χ1n) is 8.78. The first-order valence-corrected chi connectivity index (χ1v) is 8.78. The number of aryl methyl sites for hydroxylation is 2. The number of rotatable bonds is 5. The van der Waals surface area contributed by atoms with Gasteiger partial charge in [0.25, 0.3) is 5.91 Å². The van der Waals surface area contributed by atoms with Crippen LogP contribution in [0.5, 0.6) is 5.75 Å². The van der Waals surface area contributed by atoms with Gasteiger partial charge in [-0.15, -0.1) is 0 Å². The van der Waals surface area contributed by atoms with Gasteiger partial charge in [-0.25, -0.2) is 0 Å². The molecule has 26 heavy (non-hydrogen) atoms. The quantitative estimate of drug-likeness (QED) is 0.900. The molecule has 2 amide bonds. The standard InChI is InChI=1S/C21H24N2O3/c1-23(2)21(25)17-9-10-19(26-3)18(13-17)22-20(24)12-14-7-8-15-5-4-6-16(15)11-14/h7-11,13H,4-6,12H2,1-3H3,(H,22,24). The van der Waals surface area contributed by atoms with Gasteiger partial charge >= 0.3 is 0 Å². The second-order valence-corrected chi connectivity index (χ2v) is 6.80. The van der Waals surface area contributed by atoms with Gasteiger partial charge in [0.1, 0.15) is 5.75 Å². The summed E-state index contributed by atoms with van der Waals surface area (Å²) in [5.74, 6) is 0.278.